The van der Waals surface area contributed by atoms with E-state index in [2.05, 4.69) is 26.0 Å². The molecule has 0 radical (unpaired) electrons. The van der Waals surface area contributed by atoms with Gasteiger partial charge in [-0.25, -0.2) is 0 Å². The van der Waals surface area contributed by atoms with Crippen LogP contribution >= 0.6 is 27.3 Å². The molecule has 0 unspecified atom stereocenters. The molecule has 2 aromatic heterocycles. The maximum atomic E-state index is 12.6. The van der Waals surface area contributed by atoms with Gasteiger partial charge in [0.25, 0.3) is 5.56 Å². The number of aromatic nitrogens is 3. The monoisotopic (exact) mass is 429 g/mol. The molecular formula is C18H12BrN3O3S. The number of phenolic OH excluding ortho intramolecular Hbond substituents is 1. The first-order valence-corrected chi connectivity index (χ1v) is 9.21. The second-order valence-corrected chi connectivity index (χ2v) is 7.31. The third-order valence-electron chi connectivity index (χ3n) is 3.82. The number of benzene rings is 2. The van der Waals surface area contributed by atoms with Gasteiger partial charge in [0.1, 0.15) is 11.5 Å². The minimum atomic E-state index is -0.272. The average molecular weight is 430 g/mol. The number of thiazole rings is 1. The van der Waals surface area contributed by atoms with Gasteiger partial charge in [0.05, 0.1) is 11.6 Å². The molecule has 1 N–H and O–H groups in total. The van der Waals surface area contributed by atoms with E-state index in [1.807, 2.05) is 18.2 Å². The standard InChI is InChI=1S/C18H12BrN3O3S/c1-25-11-6-7-13(19)12(9-11)16-20-18-22(21-16)17(24)15(26-18)8-10-4-2-3-5-14(10)23/h2-9,23H,1H3/b15-8+. The predicted molar refractivity (Wildman–Crippen MR) is 104 cm³/mol. The number of hydrogen-bond donors (Lipinski definition) is 1. The molecule has 2 heterocycles. The Balaban J connectivity index is 1.85. The lowest BCUT2D eigenvalue weighted by Crippen LogP contribution is -2.23. The van der Waals surface area contributed by atoms with E-state index in [1.54, 1.807) is 37.5 Å². The highest BCUT2D eigenvalue weighted by atomic mass is 79.9. The molecule has 0 saturated heterocycles. The maximum absolute atomic E-state index is 12.6. The quantitative estimate of drug-likeness (QED) is 0.541. The molecule has 0 saturated carbocycles. The molecule has 130 valence electrons. The van der Waals surface area contributed by atoms with Crippen LogP contribution < -0.4 is 14.8 Å². The fraction of sp³-hybridized carbons (Fsp3) is 0.0556. The van der Waals surface area contributed by atoms with E-state index >= 15 is 0 Å². The van der Waals surface area contributed by atoms with Crippen LogP contribution in [0.25, 0.3) is 22.4 Å². The minimum absolute atomic E-state index is 0.117. The summed E-state index contributed by atoms with van der Waals surface area (Å²) in [7, 11) is 1.59. The predicted octanol–water partition coefficient (Wildman–Crippen LogP) is 2.84. The van der Waals surface area contributed by atoms with Crippen LogP contribution in [-0.2, 0) is 0 Å². The molecule has 0 aliphatic heterocycles. The average Bonchev–Trinajstić information content (AvgIpc) is 3.17. The number of hydrogen-bond acceptors (Lipinski definition) is 6. The van der Waals surface area contributed by atoms with Gasteiger partial charge in [-0.1, -0.05) is 45.5 Å². The largest absolute Gasteiger partial charge is 0.507 e. The molecule has 8 heteroatoms. The zero-order chi connectivity index (χ0) is 18.3. The molecule has 0 atom stereocenters. The van der Waals surface area contributed by atoms with Crippen LogP contribution in [0.2, 0.25) is 0 Å². The van der Waals surface area contributed by atoms with Crippen molar-refractivity contribution in [2.45, 2.75) is 0 Å². The topological polar surface area (TPSA) is 76.7 Å². The van der Waals surface area contributed by atoms with E-state index in [0.29, 0.717) is 26.6 Å². The Bertz CT molecular complexity index is 1230. The summed E-state index contributed by atoms with van der Waals surface area (Å²) in [5.74, 6) is 1.23. The Morgan fingerprint density at radius 3 is 2.81 bits per heavy atom. The van der Waals surface area contributed by atoms with E-state index in [1.165, 1.54) is 15.9 Å². The molecule has 2 aromatic carbocycles. The highest BCUT2D eigenvalue weighted by Gasteiger charge is 2.15. The van der Waals surface area contributed by atoms with E-state index in [9.17, 15) is 9.90 Å². The molecule has 0 aliphatic rings. The van der Waals surface area contributed by atoms with Crippen molar-refractivity contribution in [3.8, 4) is 22.9 Å². The number of fused-ring (bicyclic) bond motifs is 1. The lowest BCUT2D eigenvalue weighted by molar-refractivity contribution is 0.415. The second kappa shape index (κ2) is 6.54. The van der Waals surface area contributed by atoms with Crippen LogP contribution in [0.1, 0.15) is 5.56 Å². The van der Waals surface area contributed by atoms with Gasteiger partial charge in [-0.2, -0.15) is 9.50 Å². The van der Waals surface area contributed by atoms with Crippen LogP contribution in [0.4, 0.5) is 0 Å². The summed E-state index contributed by atoms with van der Waals surface area (Å²) in [6.07, 6.45) is 1.64. The van der Waals surface area contributed by atoms with Crippen molar-refractivity contribution >= 4 is 38.3 Å². The fourth-order valence-electron chi connectivity index (χ4n) is 2.50. The van der Waals surface area contributed by atoms with Gasteiger partial charge in [0.15, 0.2) is 5.82 Å². The lowest BCUT2D eigenvalue weighted by Gasteiger charge is -2.03. The van der Waals surface area contributed by atoms with E-state index in [4.69, 9.17) is 4.74 Å². The Hall–Kier alpha value is -2.71. The molecule has 0 aliphatic carbocycles. The number of phenols is 1. The molecule has 0 fully saturated rings. The van der Waals surface area contributed by atoms with Crippen molar-refractivity contribution in [2.24, 2.45) is 0 Å². The first kappa shape index (κ1) is 16.7. The SMILES string of the molecule is COc1ccc(Br)c(-c2nc3s/c(=C/c4ccccc4O)c(=O)n3n2)c1. The van der Waals surface area contributed by atoms with Gasteiger partial charge in [-0.05, 0) is 30.3 Å². The molecule has 26 heavy (non-hydrogen) atoms. The van der Waals surface area contributed by atoms with Crippen LogP contribution in [0.5, 0.6) is 11.5 Å². The van der Waals surface area contributed by atoms with Crippen LogP contribution in [0.15, 0.2) is 51.7 Å². The third-order valence-corrected chi connectivity index (χ3v) is 5.47. The van der Waals surface area contributed by atoms with Gasteiger partial charge in [0, 0.05) is 15.6 Å². The Morgan fingerprint density at radius 2 is 2.08 bits per heavy atom. The number of methoxy groups -OCH3 is 1. The smallest absolute Gasteiger partial charge is 0.291 e. The summed E-state index contributed by atoms with van der Waals surface area (Å²) in [5, 5.41) is 14.2. The maximum Gasteiger partial charge on any atom is 0.291 e. The Morgan fingerprint density at radius 1 is 1.27 bits per heavy atom. The number of ether oxygens (including phenoxy) is 1. The van der Waals surface area contributed by atoms with Crippen LogP contribution in [-0.4, -0.2) is 26.8 Å². The molecule has 0 bridgehead atoms. The van der Waals surface area contributed by atoms with Crippen molar-refractivity contribution in [3.05, 3.63) is 67.4 Å². The number of para-hydroxylation sites is 1. The van der Waals surface area contributed by atoms with Crippen molar-refractivity contribution in [3.63, 3.8) is 0 Å². The molecule has 4 rings (SSSR count). The van der Waals surface area contributed by atoms with Gasteiger partial charge in [-0.15, -0.1) is 5.10 Å². The van der Waals surface area contributed by atoms with Crippen molar-refractivity contribution < 1.29 is 9.84 Å². The fourth-order valence-corrected chi connectivity index (χ4v) is 3.82. The minimum Gasteiger partial charge on any atom is -0.507 e. The summed E-state index contributed by atoms with van der Waals surface area (Å²) in [6, 6.07) is 12.3. The summed E-state index contributed by atoms with van der Waals surface area (Å²) < 4.78 is 7.78. The Labute approximate surface area is 160 Å². The molecule has 0 spiro atoms. The number of rotatable bonds is 3. The highest BCUT2D eigenvalue weighted by Crippen LogP contribution is 2.30. The lowest BCUT2D eigenvalue weighted by atomic mass is 10.2. The zero-order valence-electron chi connectivity index (χ0n) is 13.5. The van der Waals surface area contributed by atoms with Gasteiger partial charge in [-0.3, -0.25) is 4.79 Å². The van der Waals surface area contributed by atoms with Crippen molar-refractivity contribution in [1.29, 1.82) is 0 Å². The summed E-state index contributed by atoms with van der Waals surface area (Å²) in [5.41, 5.74) is 1.04. The molecule has 0 amide bonds. The molecular weight excluding hydrogens is 418 g/mol. The van der Waals surface area contributed by atoms with Gasteiger partial charge >= 0.3 is 0 Å². The van der Waals surface area contributed by atoms with Gasteiger partial charge < -0.3 is 9.84 Å². The summed E-state index contributed by atoms with van der Waals surface area (Å²) in [4.78, 5) is 17.6. The van der Waals surface area contributed by atoms with Crippen LogP contribution in [0.3, 0.4) is 0 Å². The Kier molecular flexibility index (Phi) is 4.21. The number of aromatic hydroxyl groups is 1. The first-order valence-electron chi connectivity index (χ1n) is 7.60. The van der Waals surface area contributed by atoms with E-state index in [-0.39, 0.29) is 11.3 Å². The van der Waals surface area contributed by atoms with E-state index in [0.717, 1.165) is 10.0 Å². The molecule has 4 aromatic rings. The number of nitrogens with zero attached hydrogens (tertiary/aromatic N) is 3. The summed E-state index contributed by atoms with van der Waals surface area (Å²) >= 11 is 4.70. The zero-order valence-corrected chi connectivity index (χ0v) is 15.9. The molecule has 6 nitrogen and oxygen atoms in total. The highest BCUT2D eigenvalue weighted by molar-refractivity contribution is 9.10. The van der Waals surface area contributed by atoms with Crippen LogP contribution in [0, 0.1) is 0 Å². The number of halogens is 1. The normalized spacial score (nSPS) is 12.0. The van der Waals surface area contributed by atoms with Crippen molar-refractivity contribution in [1.82, 2.24) is 14.6 Å². The van der Waals surface area contributed by atoms with Crippen molar-refractivity contribution in [2.75, 3.05) is 7.11 Å². The first-order chi connectivity index (χ1) is 12.6. The summed E-state index contributed by atoms with van der Waals surface area (Å²) in [6.45, 7) is 0. The van der Waals surface area contributed by atoms with E-state index < -0.39 is 0 Å². The van der Waals surface area contributed by atoms with Gasteiger partial charge in [0.2, 0.25) is 4.96 Å². The second-order valence-electron chi connectivity index (χ2n) is 5.45. The third kappa shape index (κ3) is 2.87.